The van der Waals surface area contributed by atoms with Crippen molar-refractivity contribution in [2.45, 2.75) is 32.7 Å². The number of rotatable bonds is 5. The molecule has 0 N–H and O–H groups in total. The maximum atomic E-state index is 11.6. The third kappa shape index (κ3) is 3.73. The number of carbonyl (C=O) groups excluding carboxylic acids is 2. The van der Waals surface area contributed by atoms with Crippen LogP contribution in [0, 0.1) is 0 Å². The Morgan fingerprint density at radius 3 is 2.60 bits per heavy atom. The number of esters is 1. The molecule has 0 atom stereocenters. The van der Waals surface area contributed by atoms with Crippen molar-refractivity contribution in [2.75, 3.05) is 13.2 Å². The molecular formula is C11H17NO3. The molecule has 0 radical (unpaired) electrons. The molecule has 1 saturated carbocycles. The quantitative estimate of drug-likeness (QED) is 0.505. The molecule has 4 nitrogen and oxygen atoms in total. The molecule has 0 heterocycles. The van der Waals surface area contributed by atoms with E-state index in [4.69, 9.17) is 4.74 Å². The molecule has 0 saturated heterocycles. The van der Waals surface area contributed by atoms with Crippen LogP contribution in [-0.2, 0) is 14.3 Å². The Hall–Kier alpha value is -1.32. The van der Waals surface area contributed by atoms with Crippen LogP contribution in [0.25, 0.3) is 0 Å². The van der Waals surface area contributed by atoms with E-state index in [1.165, 1.54) is 6.08 Å². The summed E-state index contributed by atoms with van der Waals surface area (Å²) < 4.78 is 4.82. The van der Waals surface area contributed by atoms with E-state index in [-0.39, 0.29) is 24.5 Å². The largest absolute Gasteiger partial charge is 0.465 e. The molecule has 0 bridgehead atoms. The number of hydrogen-bond acceptors (Lipinski definition) is 3. The Morgan fingerprint density at radius 1 is 1.47 bits per heavy atom. The predicted octanol–water partition coefficient (Wildman–Crippen LogP) is 1.12. The molecule has 4 heteroatoms. The monoisotopic (exact) mass is 211 g/mol. The average Bonchev–Trinajstić information content (AvgIpc) is 2.98. The van der Waals surface area contributed by atoms with E-state index >= 15 is 0 Å². The lowest BCUT2D eigenvalue weighted by molar-refractivity contribution is -0.148. The summed E-state index contributed by atoms with van der Waals surface area (Å²) in [5.41, 5.74) is 0. The van der Waals surface area contributed by atoms with E-state index in [9.17, 15) is 9.59 Å². The van der Waals surface area contributed by atoms with Gasteiger partial charge in [0, 0.05) is 6.04 Å². The van der Waals surface area contributed by atoms with Crippen LogP contribution in [0.15, 0.2) is 12.2 Å². The van der Waals surface area contributed by atoms with Gasteiger partial charge in [-0.15, -0.1) is 0 Å². The zero-order valence-corrected chi connectivity index (χ0v) is 9.23. The van der Waals surface area contributed by atoms with Crippen molar-refractivity contribution in [1.29, 1.82) is 0 Å². The van der Waals surface area contributed by atoms with Crippen LogP contribution in [0.5, 0.6) is 0 Å². The maximum Gasteiger partial charge on any atom is 0.325 e. The normalized spacial score (nSPS) is 15.3. The zero-order chi connectivity index (χ0) is 11.3. The van der Waals surface area contributed by atoms with Crippen molar-refractivity contribution in [3.05, 3.63) is 12.2 Å². The summed E-state index contributed by atoms with van der Waals surface area (Å²) >= 11 is 0. The van der Waals surface area contributed by atoms with Gasteiger partial charge in [-0.3, -0.25) is 9.59 Å². The average molecular weight is 211 g/mol. The minimum absolute atomic E-state index is 0.0711. The molecular weight excluding hydrogens is 194 g/mol. The molecule has 0 aromatic rings. The van der Waals surface area contributed by atoms with E-state index in [1.807, 2.05) is 0 Å². The van der Waals surface area contributed by atoms with Crippen LogP contribution in [-0.4, -0.2) is 36.0 Å². The van der Waals surface area contributed by atoms with Gasteiger partial charge >= 0.3 is 5.97 Å². The maximum absolute atomic E-state index is 11.6. The van der Waals surface area contributed by atoms with Gasteiger partial charge in [-0.1, -0.05) is 6.08 Å². The summed E-state index contributed by atoms with van der Waals surface area (Å²) in [5, 5.41) is 0. The van der Waals surface area contributed by atoms with Crippen LogP contribution in [0.2, 0.25) is 0 Å². The molecule has 1 aliphatic carbocycles. The summed E-state index contributed by atoms with van der Waals surface area (Å²) in [4.78, 5) is 24.4. The summed E-state index contributed by atoms with van der Waals surface area (Å²) in [6.07, 6.45) is 5.14. The zero-order valence-electron chi connectivity index (χ0n) is 9.23. The second-order valence-corrected chi connectivity index (χ2v) is 3.50. The fourth-order valence-electron chi connectivity index (χ4n) is 1.36. The van der Waals surface area contributed by atoms with E-state index in [0.29, 0.717) is 6.61 Å². The van der Waals surface area contributed by atoms with Gasteiger partial charge in [0.15, 0.2) is 0 Å². The van der Waals surface area contributed by atoms with Gasteiger partial charge < -0.3 is 9.64 Å². The highest BCUT2D eigenvalue weighted by Gasteiger charge is 2.33. The van der Waals surface area contributed by atoms with Crippen molar-refractivity contribution in [3.63, 3.8) is 0 Å². The lowest BCUT2D eigenvalue weighted by atomic mass is 10.4. The summed E-state index contributed by atoms with van der Waals surface area (Å²) in [6, 6.07) is 0.234. The first-order valence-electron chi connectivity index (χ1n) is 5.28. The third-order valence-corrected chi connectivity index (χ3v) is 2.18. The van der Waals surface area contributed by atoms with Gasteiger partial charge in [0.2, 0.25) is 5.91 Å². The minimum Gasteiger partial charge on any atom is -0.465 e. The smallest absolute Gasteiger partial charge is 0.325 e. The highest BCUT2D eigenvalue weighted by molar-refractivity contribution is 5.90. The van der Waals surface area contributed by atoms with E-state index in [1.54, 1.807) is 24.8 Å². The van der Waals surface area contributed by atoms with Gasteiger partial charge in [-0.2, -0.15) is 0 Å². The summed E-state index contributed by atoms with van der Waals surface area (Å²) in [5.74, 6) is -0.435. The molecule has 15 heavy (non-hydrogen) atoms. The molecule has 84 valence electrons. The molecule has 1 aliphatic rings. The van der Waals surface area contributed by atoms with Gasteiger partial charge in [-0.25, -0.2) is 0 Å². The Morgan fingerprint density at radius 2 is 2.13 bits per heavy atom. The standard InChI is InChI=1S/C11H17NO3/c1-3-5-10(13)12(9-6-7-9)8-11(14)15-4-2/h3,5,9H,4,6-8H2,1-2H3. The molecule has 1 rings (SSSR count). The Labute approximate surface area is 89.9 Å². The highest BCUT2D eigenvalue weighted by Crippen LogP contribution is 2.26. The number of amides is 1. The number of nitrogens with zero attached hydrogens (tertiary/aromatic N) is 1. The Bertz CT molecular complexity index is 269. The Kier molecular flexibility index (Phi) is 4.34. The molecule has 0 unspecified atom stereocenters. The topological polar surface area (TPSA) is 46.6 Å². The molecule has 0 aromatic carbocycles. The lowest BCUT2D eigenvalue weighted by Crippen LogP contribution is -2.37. The second kappa shape index (κ2) is 5.53. The van der Waals surface area contributed by atoms with Crippen molar-refractivity contribution in [1.82, 2.24) is 4.90 Å². The molecule has 0 aromatic heterocycles. The van der Waals surface area contributed by atoms with Crippen LogP contribution in [0.4, 0.5) is 0 Å². The molecule has 1 amide bonds. The van der Waals surface area contributed by atoms with Crippen molar-refractivity contribution in [3.8, 4) is 0 Å². The van der Waals surface area contributed by atoms with Gasteiger partial charge in [-0.05, 0) is 32.8 Å². The molecule has 0 aliphatic heterocycles. The Balaban J connectivity index is 2.50. The third-order valence-electron chi connectivity index (χ3n) is 2.18. The SMILES string of the molecule is CC=CC(=O)N(CC(=O)OCC)C1CC1. The first kappa shape index (κ1) is 11.8. The summed E-state index contributed by atoms with van der Waals surface area (Å²) in [6.45, 7) is 3.97. The predicted molar refractivity (Wildman–Crippen MR) is 56.2 cm³/mol. The van der Waals surface area contributed by atoms with E-state index < -0.39 is 0 Å². The van der Waals surface area contributed by atoms with Gasteiger partial charge in [0.25, 0.3) is 0 Å². The van der Waals surface area contributed by atoms with Crippen molar-refractivity contribution in [2.24, 2.45) is 0 Å². The van der Waals surface area contributed by atoms with Crippen LogP contribution >= 0.6 is 0 Å². The summed E-state index contributed by atoms with van der Waals surface area (Å²) in [7, 11) is 0. The number of hydrogen-bond donors (Lipinski definition) is 0. The number of carbonyl (C=O) groups is 2. The van der Waals surface area contributed by atoms with E-state index in [0.717, 1.165) is 12.8 Å². The van der Waals surface area contributed by atoms with Crippen LogP contribution in [0.3, 0.4) is 0 Å². The van der Waals surface area contributed by atoms with Crippen molar-refractivity contribution >= 4 is 11.9 Å². The lowest BCUT2D eigenvalue weighted by Gasteiger charge is -2.19. The second-order valence-electron chi connectivity index (χ2n) is 3.50. The fraction of sp³-hybridized carbons (Fsp3) is 0.636. The number of allylic oxidation sites excluding steroid dienone is 1. The van der Waals surface area contributed by atoms with Gasteiger partial charge in [0.1, 0.15) is 6.54 Å². The van der Waals surface area contributed by atoms with Gasteiger partial charge in [0.05, 0.1) is 6.61 Å². The number of ether oxygens (including phenoxy) is 1. The molecule has 1 fully saturated rings. The molecule has 0 spiro atoms. The van der Waals surface area contributed by atoms with Crippen molar-refractivity contribution < 1.29 is 14.3 Å². The van der Waals surface area contributed by atoms with Crippen LogP contribution in [0.1, 0.15) is 26.7 Å². The highest BCUT2D eigenvalue weighted by atomic mass is 16.5. The fourth-order valence-corrected chi connectivity index (χ4v) is 1.36. The van der Waals surface area contributed by atoms with E-state index in [2.05, 4.69) is 0 Å². The van der Waals surface area contributed by atoms with Crippen LogP contribution < -0.4 is 0 Å². The first-order valence-corrected chi connectivity index (χ1v) is 5.28. The minimum atomic E-state index is -0.331. The first-order chi connectivity index (χ1) is 7.19.